The summed E-state index contributed by atoms with van der Waals surface area (Å²) in [6.07, 6.45) is 7.41. The van der Waals surface area contributed by atoms with Gasteiger partial charge in [-0.3, -0.25) is 9.98 Å². The molecule has 45 heavy (non-hydrogen) atoms. The molecule has 0 saturated heterocycles. The quantitative estimate of drug-likeness (QED) is 0.230. The second-order valence-electron chi connectivity index (χ2n) is 10.4. The van der Waals surface area contributed by atoms with Crippen LogP contribution in [0.1, 0.15) is 73.9 Å². The molecule has 0 aliphatic carbocycles. The van der Waals surface area contributed by atoms with Crippen molar-refractivity contribution < 1.29 is 46.8 Å². The SMILES string of the molecule is CC(=O)[O-].CC(=O)[O-].CCCc1cc(C)c(O)c(C=Nc2cc3ccccc3cc2N=Cc2cc(CCC)cc(C)c2O)c1.[Co+2]. The van der Waals surface area contributed by atoms with Crippen molar-refractivity contribution in [2.45, 2.75) is 67.2 Å². The third kappa shape index (κ3) is 12.6. The van der Waals surface area contributed by atoms with Gasteiger partial charge < -0.3 is 30.0 Å². The summed E-state index contributed by atoms with van der Waals surface area (Å²) in [6.45, 7) is 10.1. The molecule has 0 bridgehead atoms. The van der Waals surface area contributed by atoms with E-state index in [-0.39, 0.29) is 28.3 Å². The van der Waals surface area contributed by atoms with Crippen molar-refractivity contribution in [2.75, 3.05) is 0 Å². The minimum atomic E-state index is -1.08. The monoisotopic (exact) mass is 655 g/mol. The number of fused-ring (bicyclic) bond motifs is 1. The first-order valence-corrected chi connectivity index (χ1v) is 14.5. The Hall–Kier alpha value is -4.47. The van der Waals surface area contributed by atoms with Crippen LogP contribution >= 0.6 is 0 Å². The summed E-state index contributed by atoms with van der Waals surface area (Å²) in [5, 5.41) is 41.2. The summed E-state index contributed by atoms with van der Waals surface area (Å²) in [6, 6.07) is 20.2. The molecule has 4 rings (SSSR count). The van der Waals surface area contributed by atoms with Crippen molar-refractivity contribution in [3.05, 3.63) is 94.0 Å². The molecule has 239 valence electrons. The van der Waals surface area contributed by atoms with Crippen molar-refractivity contribution in [1.82, 2.24) is 0 Å². The van der Waals surface area contributed by atoms with Crippen LogP contribution in [0.5, 0.6) is 11.5 Å². The number of carbonyl (C=O) groups excluding carboxylic acids is 2. The summed E-state index contributed by atoms with van der Waals surface area (Å²) in [7, 11) is 0. The maximum Gasteiger partial charge on any atom is 2.00 e. The molecule has 0 heterocycles. The summed E-state index contributed by atoms with van der Waals surface area (Å²) >= 11 is 0. The van der Waals surface area contributed by atoms with E-state index in [0.29, 0.717) is 22.5 Å². The van der Waals surface area contributed by atoms with Gasteiger partial charge in [0.25, 0.3) is 0 Å². The number of aliphatic carboxylic acids is 2. The van der Waals surface area contributed by atoms with E-state index in [1.165, 1.54) is 11.1 Å². The van der Waals surface area contributed by atoms with E-state index >= 15 is 0 Å². The normalized spacial score (nSPS) is 10.5. The number of phenolic OH excluding ortho intramolecular Hbond substituents is 2. The molecular weight excluding hydrogens is 615 g/mol. The summed E-state index contributed by atoms with van der Waals surface area (Å²) < 4.78 is 0. The number of aliphatic imine (C=N–C) groups is 2. The van der Waals surface area contributed by atoms with Crippen LogP contribution in [0.2, 0.25) is 0 Å². The van der Waals surface area contributed by atoms with Crippen LogP contribution in [0, 0.1) is 13.8 Å². The number of nitrogens with zero attached hydrogens (tertiary/aromatic N) is 2. The standard InChI is InChI=1S/C32H34N2O2.2C2H4O2.Co/c1-5-9-23-13-21(3)31(35)27(15-23)19-33-29-17-25-11-7-8-12-26(25)18-30(29)34-20-28-16-24(10-6-2)14-22(4)32(28)36;2*1-2(3)4;/h7-8,11-20,35-36H,5-6,9-10H2,1-4H3;2*1H3,(H,3,4);/q;;;+2/p-2. The Labute approximate surface area is 275 Å². The Kier molecular flexibility index (Phi) is 16.3. The van der Waals surface area contributed by atoms with Crippen LogP contribution < -0.4 is 10.2 Å². The average molecular weight is 656 g/mol. The van der Waals surface area contributed by atoms with E-state index in [1.807, 2.05) is 62.4 Å². The van der Waals surface area contributed by atoms with Gasteiger partial charge >= 0.3 is 16.8 Å². The van der Waals surface area contributed by atoms with E-state index in [1.54, 1.807) is 12.4 Å². The number of carboxylic acids is 2. The van der Waals surface area contributed by atoms with Gasteiger partial charge in [-0.1, -0.05) is 63.1 Å². The minimum absolute atomic E-state index is 0. The van der Waals surface area contributed by atoms with Gasteiger partial charge in [0.1, 0.15) is 11.5 Å². The molecule has 0 fully saturated rings. The molecule has 8 nitrogen and oxygen atoms in total. The zero-order valence-corrected chi connectivity index (χ0v) is 27.6. The molecule has 9 heteroatoms. The smallest absolute Gasteiger partial charge is 0.550 e. The van der Waals surface area contributed by atoms with Crippen molar-refractivity contribution in [3.63, 3.8) is 0 Å². The van der Waals surface area contributed by atoms with Crippen molar-refractivity contribution in [2.24, 2.45) is 9.98 Å². The number of hydrogen-bond donors (Lipinski definition) is 2. The van der Waals surface area contributed by atoms with Crippen LogP contribution in [-0.4, -0.2) is 34.6 Å². The molecule has 0 aliphatic heterocycles. The molecule has 4 aromatic rings. The third-order valence-corrected chi connectivity index (χ3v) is 6.39. The Morgan fingerprint density at radius 3 is 1.33 bits per heavy atom. The molecule has 0 saturated carbocycles. The molecule has 0 spiro atoms. The number of phenols is 2. The van der Waals surface area contributed by atoms with Gasteiger partial charge in [0.05, 0.1) is 11.4 Å². The van der Waals surface area contributed by atoms with Crippen LogP contribution in [0.4, 0.5) is 11.4 Å². The number of benzene rings is 4. The van der Waals surface area contributed by atoms with Gasteiger partial charge in [0.15, 0.2) is 0 Å². The maximum atomic E-state index is 10.6. The predicted octanol–water partition coefficient (Wildman–Crippen LogP) is 5.78. The van der Waals surface area contributed by atoms with Gasteiger partial charge in [-0.15, -0.1) is 0 Å². The van der Waals surface area contributed by atoms with Gasteiger partial charge in [0, 0.05) is 35.5 Å². The van der Waals surface area contributed by atoms with Crippen molar-refractivity contribution in [3.8, 4) is 11.5 Å². The average Bonchev–Trinajstić information content (AvgIpc) is 2.94. The second kappa shape index (κ2) is 19.0. The molecule has 0 atom stereocenters. The number of carboxylic acid groups (broad SMARTS) is 2. The fourth-order valence-electron chi connectivity index (χ4n) is 4.53. The molecule has 0 amide bonds. The largest absolute Gasteiger partial charge is 2.00 e. The second-order valence-corrected chi connectivity index (χ2v) is 10.4. The predicted molar refractivity (Wildman–Crippen MR) is 173 cm³/mol. The van der Waals surface area contributed by atoms with Crippen LogP contribution in [0.25, 0.3) is 10.8 Å². The maximum absolute atomic E-state index is 10.6. The first-order chi connectivity index (χ1) is 20.9. The molecule has 2 N–H and O–H groups in total. The summed E-state index contributed by atoms with van der Waals surface area (Å²) in [4.78, 5) is 27.3. The molecular formula is C36H40CoN2O6. The zero-order valence-electron chi connectivity index (χ0n) is 26.5. The van der Waals surface area contributed by atoms with Gasteiger partial charge in [-0.2, -0.15) is 0 Å². The van der Waals surface area contributed by atoms with Crippen LogP contribution in [0.3, 0.4) is 0 Å². The fraction of sp³-hybridized carbons (Fsp3) is 0.278. The molecule has 0 aliphatic rings. The number of rotatable bonds is 8. The van der Waals surface area contributed by atoms with E-state index in [9.17, 15) is 10.2 Å². The van der Waals surface area contributed by atoms with E-state index < -0.39 is 11.9 Å². The van der Waals surface area contributed by atoms with Gasteiger partial charge in [-0.25, -0.2) is 0 Å². The van der Waals surface area contributed by atoms with E-state index in [4.69, 9.17) is 29.8 Å². The van der Waals surface area contributed by atoms with Gasteiger partial charge in [-0.05, 0) is 97.8 Å². The molecule has 4 aromatic carbocycles. The Morgan fingerprint density at radius 1 is 0.689 bits per heavy atom. The number of aromatic hydroxyl groups is 2. The number of carbonyl (C=O) groups is 2. The summed E-state index contributed by atoms with van der Waals surface area (Å²) in [5.41, 5.74) is 6.85. The summed E-state index contributed by atoms with van der Waals surface area (Å²) in [5.74, 6) is -1.67. The first-order valence-electron chi connectivity index (χ1n) is 14.5. The Balaban J connectivity index is 0.00000101. The first kappa shape index (κ1) is 38.6. The van der Waals surface area contributed by atoms with Crippen molar-refractivity contribution >= 4 is 46.5 Å². The zero-order chi connectivity index (χ0) is 32.8. The van der Waals surface area contributed by atoms with E-state index in [0.717, 1.165) is 61.4 Å². The Morgan fingerprint density at radius 2 is 1.02 bits per heavy atom. The molecule has 1 radical (unpaired) electrons. The van der Waals surface area contributed by atoms with Gasteiger partial charge in [0.2, 0.25) is 0 Å². The van der Waals surface area contributed by atoms with Crippen LogP contribution in [0.15, 0.2) is 70.6 Å². The molecule has 0 aromatic heterocycles. The molecule has 0 unspecified atom stereocenters. The third-order valence-electron chi connectivity index (χ3n) is 6.39. The fourth-order valence-corrected chi connectivity index (χ4v) is 4.53. The van der Waals surface area contributed by atoms with E-state index in [2.05, 4.69) is 26.0 Å². The Bertz CT molecular complexity index is 1530. The number of hydrogen-bond acceptors (Lipinski definition) is 8. The number of aryl methyl sites for hydroxylation is 4. The minimum Gasteiger partial charge on any atom is -0.550 e. The van der Waals surface area contributed by atoms with Crippen molar-refractivity contribution in [1.29, 1.82) is 0 Å². The van der Waals surface area contributed by atoms with Crippen LogP contribution in [-0.2, 0) is 39.2 Å². The topological polar surface area (TPSA) is 145 Å².